The van der Waals surface area contributed by atoms with E-state index in [0.29, 0.717) is 17.5 Å². The van der Waals surface area contributed by atoms with Gasteiger partial charge in [-0.05, 0) is 24.3 Å². The maximum absolute atomic E-state index is 13.6. The van der Waals surface area contributed by atoms with E-state index in [1.807, 2.05) is 0 Å². The Labute approximate surface area is 148 Å². The minimum atomic E-state index is -1.66. The molecule has 2 aromatic carbocycles. The van der Waals surface area contributed by atoms with Gasteiger partial charge in [0, 0.05) is 31.6 Å². The van der Waals surface area contributed by atoms with Gasteiger partial charge in [0.2, 0.25) is 11.8 Å². The number of carbonyl (C=O) groups excluding carboxylic acids is 2. The van der Waals surface area contributed by atoms with Crippen LogP contribution in [-0.2, 0) is 9.59 Å². The molecule has 0 saturated carbocycles. The number of carbonyl (C=O) groups is 2. The highest BCUT2D eigenvalue weighted by Gasteiger charge is 2.17. The lowest BCUT2D eigenvalue weighted by Gasteiger charge is -2.21. The van der Waals surface area contributed by atoms with Gasteiger partial charge >= 0.3 is 0 Å². The first kappa shape index (κ1) is 19.3. The van der Waals surface area contributed by atoms with Gasteiger partial charge < -0.3 is 15.0 Å². The summed E-state index contributed by atoms with van der Waals surface area (Å²) in [5.74, 6) is -4.89. The third-order valence-electron chi connectivity index (χ3n) is 3.62. The second kappa shape index (κ2) is 8.37. The summed E-state index contributed by atoms with van der Waals surface area (Å²) in [6, 6.07) is 8.36. The molecule has 0 aromatic heterocycles. The number of benzene rings is 2. The molecule has 8 heteroatoms. The number of rotatable bonds is 6. The van der Waals surface area contributed by atoms with E-state index >= 15 is 0 Å². The van der Waals surface area contributed by atoms with E-state index in [2.05, 4.69) is 5.32 Å². The zero-order valence-corrected chi connectivity index (χ0v) is 14.2. The number of anilines is 2. The number of methoxy groups -OCH3 is 1. The largest absolute Gasteiger partial charge is 0.497 e. The molecule has 5 nitrogen and oxygen atoms in total. The Balaban J connectivity index is 2.06. The molecular weight excluding hydrogens is 349 g/mol. The number of amides is 2. The van der Waals surface area contributed by atoms with Gasteiger partial charge in [0.1, 0.15) is 5.75 Å². The van der Waals surface area contributed by atoms with Crippen molar-refractivity contribution in [1.82, 2.24) is 0 Å². The van der Waals surface area contributed by atoms with Crippen LogP contribution in [0, 0.1) is 17.5 Å². The van der Waals surface area contributed by atoms with Gasteiger partial charge in [-0.1, -0.05) is 6.07 Å². The topological polar surface area (TPSA) is 58.6 Å². The van der Waals surface area contributed by atoms with Crippen LogP contribution in [0.2, 0.25) is 0 Å². The number of nitrogens with zero attached hydrogens (tertiary/aromatic N) is 1. The summed E-state index contributed by atoms with van der Waals surface area (Å²) in [6.45, 7) is 1.35. The Bertz CT molecular complexity index is 827. The lowest BCUT2D eigenvalue weighted by molar-refractivity contribution is -0.117. The van der Waals surface area contributed by atoms with Crippen molar-refractivity contribution in [2.75, 3.05) is 23.9 Å². The number of halogens is 3. The molecule has 0 saturated heterocycles. The molecule has 2 aromatic rings. The average Bonchev–Trinajstić information content (AvgIpc) is 2.62. The highest BCUT2D eigenvalue weighted by molar-refractivity contribution is 5.95. The first-order valence-electron chi connectivity index (χ1n) is 7.69. The molecule has 0 aliphatic heterocycles. The van der Waals surface area contributed by atoms with Crippen molar-refractivity contribution in [1.29, 1.82) is 0 Å². The fraction of sp³-hybridized carbons (Fsp3) is 0.222. The van der Waals surface area contributed by atoms with Crippen LogP contribution in [0.3, 0.4) is 0 Å². The van der Waals surface area contributed by atoms with Gasteiger partial charge in [-0.15, -0.1) is 0 Å². The summed E-state index contributed by atoms with van der Waals surface area (Å²) in [5, 5.41) is 2.16. The summed E-state index contributed by atoms with van der Waals surface area (Å²) < 4.78 is 44.8. The average molecular weight is 366 g/mol. The van der Waals surface area contributed by atoms with Crippen LogP contribution >= 0.6 is 0 Å². The fourth-order valence-corrected chi connectivity index (χ4v) is 2.30. The number of hydrogen-bond acceptors (Lipinski definition) is 3. The summed E-state index contributed by atoms with van der Waals surface area (Å²) in [6.07, 6.45) is -0.171. The van der Waals surface area contributed by atoms with Crippen LogP contribution in [0.1, 0.15) is 13.3 Å². The van der Waals surface area contributed by atoms with Crippen LogP contribution in [0.25, 0.3) is 0 Å². The van der Waals surface area contributed by atoms with E-state index in [1.54, 1.807) is 24.3 Å². The minimum absolute atomic E-state index is 0.0135. The maximum atomic E-state index is 13.6. The number of ether oxygens (including phenoxy) is 1. The molecule has 0 spiro atoms. The number of nitrogens with one attached hydrogen (secondary N) is 1. The van der Waals surface area contributed by atoms with Gasteiger partial charge in [0.15, 0.2) is 17.5 Å². The maximum Gasteiger partial charge on any atom is 0.226 e. The molecule has 0 bridgehead atoms. The molecule has 2 amide bonds. The molecule has 26 heavy (non-hydrogen) atoms. The fourth-order valence-electron chi connectivity index (χ4n) is 2.30. The van der Waals surface area contributed by atoms with Crippen molar-refractivity contribution in [3.05, 3.63) is 53.8 Å². The van der Waals surface area contributed by atoms with Crippen LogP contribution in [0.5, 0.6) is 5.75 Å². The molecule has 0 fully saturated rings. The van der Waals surface area contributed by atoms with E-state index in [-0.39, 0.29) is 18.9 Å². The zero-order valence-electron chi connectivity index (χ0n) is 14.2. The second-order valence-electron chi connectivity index (χ2n) is 5.39. The van der Waals surface area contributed by atoms with Crippen LogP contribution in [0.15, 0.2) is 36.4 Å². The molecule has 0 atom stereocenters. The molecule has 0 aliphatic carbocycles. The summed E-state index contributed by atoms with van der Waals surface area (Å²) in [7, 11) is 1.49. The standard InChI is InChI=1S/C18H17F3N2O3/c1-11(24)23(12-4-3-5-13(10-12)26-2)9-8-16(25)22-15-7-6-14(19)17(20)18(15)21/h3-7,10H,8-9H2,1-2H3,(H,22,25). The highest BCUT2D eigenvalue weighted by atomic mass is 19.2. The predicted octanol–water partition coefficient (Wildman–Crippen LogP) is 3.49. The third kappa shape index (κ3) is 4.53. The normalized spacial score (nSPS) is 10.3. The minimum Gasteiger partial charge on any atom is -0.497 e. The van der Waals surface area contributed by atoms with Crippen molar-refractivity contribution < 1.29 is 27.5 Å². The summed E-state index contributed by atoms with van der Waals surface area (Å²) in [4.78, 5) is 25.2. The Kier molecular flexibility index (Phi) is 6.21. The lowest BCUT2D eigenvalue weighted by Crippen LogP contribution is -2.32. The zero-order chi connectivity index (χ0) is 19.3. The Morgan fingerprint density at radius 1 is 1.12 bits per heavy atom. The van der Waals surface area contributed by atoms with E-state index < -0.39 is 29.0 Å². The van der Waals surface area contributed by atoms with Crippen molar-refractivity contribution in [2.24, 2.45) is 0 Å². The van der Waals surface area contributed by atoms with Crippen molar-refractivity contribution in [3.63, 3.8) is 0 Å². The Morgan fingerprint density at radius 2 is 1.85 bits per heavy atom. The summed E-state index contributed by atoms with van der Waals surface area (Å²) >= 11 is 0. The highest BCUT2D eigenvalue weighted by Crippen LogP contribution is 2.22. The molecule has 2 rings (SSSR count). The van der Waals surface area contributed by atoms with Crippen molar-refractivity contribution in [3.8, 4) is 5.75 Å². The van der Waals surface area contributed by atoms with E-state index in [9.17, 15) is 22.8 Å². The molecule has 0 radical (unpaired) electrons. The smallest absolute Gasteiger partial charge is 0.226 e. The second-order valence-corrected chi connectivity index (χ2v) is 5.39. The van der Waals surface area contributed by atoms with E-state index in [4.69, 9.17) is 4.74 Å². The van der Waals surface area contributed by atoms with Crippen LogP contribution in [0.4, 0.5) is 24.5 Å². The van der Waals surface area contributed by atoms with Crippen molar-refractivity contribution >= 4 is 23.2 Å². The lowest BCUT2D eigenvalue weighted by atomic mass is 10.2. The Morgan fingerprint density at radius 3 is 2.50 bits per heavy atom. The van der Waals surface area contributed by atoms with E-state index in [1.165, 1.54) is 18.9 Å². The van der Waals surface area contributed by atoms with Crippen molar-refractivity contribution in [2.45, 2.75) is 13.3 Å². The van der Waals surface area contributed by atoms with Gasteiger partial charge in [0.05, 0.1) is 12.8 Å². The van der Waals surface area contributed by atoms with E-state index in [0.717, 1.165) is 6.07 Å². The number of hydrogen-bond donors (Lipinski definition) is 1. The first-order chi connectivity index (χ1) is 12.3. The van der Waals surface area contributed by atoms with Crippen LogP contribution < -0.4 is 15.0 Å². The monoisotopic (exact) mass is 366 g/mol. The van der Waals surface area contributed by atoms with Gasteiger partial charge in [-0.3, -0.25) is 9.59 Å². The third-order valence-corrected chi connectivity index (χ3v) is 3.62. The summed E-state index contributed by atoms with van der Waals surface area (Å²) in [5.41, 5.74) is 0.0633. The molecule has 1 N–H and O–H groups in total. The predicted molar refractivity (Wildman–Crippen MR) is 90.6 cm³/mol. The SMILES string of the molecule is COc1cccc(N(CCC(=O)Nc2ccc(F)c(F)c2F)C(C)=O)c1. The quantitative estimate of drug-likeness (QED) is 0.796. The molecule has 138 valence electrons. The van der Waals surface area contributed by atoms with Gasteiger partial charge in [-0.2, -0.15) is 0 Å². The van der Waals surface area contributed by atoms with Crippen LogP contribution in [-0.4, -0.2) is 25.5 Å². The molecule has 0 aliphatic rings. The first-order valence-corrected chi connectivity index (χ1v) is 7.69. The van der Waals surface area contributed by atoms with Gasteiger partial charge in [-0.25, -0.2) is 13.2 Å². The molecular formula is C18H17F3N2O3. The van der Waals surface area contributed by atoms with Gasteiger partial charge in [0.25, 0.3) is 0 Å². The molecule has 0 unspecified atom stereocenters. The Hall–Kier alpha value is -3.03. The molecule has 0 heterocycles.